The van der Waals surface area contributed by atoms with Gasteiger partial charge < -0.3 is 4.74 Å². The second kappa shape index (κ2) is 6.60. The predicted octanol–water partition coefficient (Wildman–Crippen LogP) is 3.66. The maximum Gasteiger partial charge on any atom is 0.262 e. The second-order valence-corrected chi connectivity index (χ2v) is 7.08. The number of rotatable bonds is 5. The molecule has 0 saturated heterocycles. The molecule has 7 heteroatoms. The van der Waals surface area contributed by atoms with Crippen LogP contribution in [0.3, 0.4) is 0 Å². The molecule has 0 heterocycles. The Hall–Kier alpha value is -2.05. The molecule has 1 N–H and O–H groups in total. The summed E-state index contributed by atoms with van der Waals surface area (Å²) in [5, 5.41) is 0.482. The van der Waals surface area contributed by atoms with E-state index in [-0.39, 0.29) is 10.7 Å². The lowest BCUT2D eigenvalue weighted by molar-refractivity contribution is 0.101. The summed E-state index contributed by atoms with van der Waals surface area (Å²) in [6.07, 6.45) is 0. The van der Waals surface area contributed by atoms with E-state index in [1.54, 1.807) is 19.1 Å². The van der Waals surface area contributed by atoms with Crippen LogP contribution in [0.1, 0.15) is 22.8 Å². The third kappa shape index (κ3) is 3.83. The summed E-state index contributed by atoms with van der Waals surface area (Å²) in [4.78, 5) is 11.3. The van der Waals surface area contributed by atoms with Crippen LogP contribution >= 0.6 is 11.6 Å². The first-order valence-electron chi connectivity index (χ1n) is 6.72. The van der Waals surface area contributed by atoms with Crippen LogP contribution in [0.5, 0.6) is 5.75 Å². The third-order valence-electron chi connectivity index (χ3n) is 3.30. The Morgan fingerprint density at radius 3 is 2.30 bits per heavy atom. The number of aryl methyl sites for hydroxylation is 1. The van der Waals surface area contributed by atoms with Crippen LogP contribution < -0.4 is 9.46 Å². The molecule has 0 bridgehead atoms. The monoisotopic (exact) mass is 353 g/mol. The maximum absolute atomic E-state index is 12.5. The van der Waals surface area contributed by atoms with Gasteiger partial charge in [0, 0.05) is 16.7 Å². The van der Waals surface area contributed by atoms with Crippen molar-refractivity contribution in [3.05, 3.63) is 52.5 Å². The Labute approximate surface area is 140 Å². The van der Waals surface area contributed by atoms with Crippen LogP contribution in [-0.4, -0.2) is 21.3 Å². The molecule has 0 aromatic heterocycles. The average Bonchev–Trinajstić information content (AvgIpc) is 2.50. The second-order valence-electron chi connectivity index (χ2n) is 4.99. The summed E-state index contributed by atoms with van der Waals surface area (Å²) in [5.41, 5.74) is 1.46. The fourth-order valence-electron chi connectivity index (χ4n) is 1.98. The van der Waals surface area contributed by atoms with E-state index in [4.69, 9.17) is 16.3 Å². The van der Waals surface area contributed by atoms with Gasteiger partial charge in [-0.25, -0.2) is 8.42 Å². The fourth-order valence-corrected chi connectivity index (χ4v) is 3.20. The van der Waals surface area contributed by atoms with Gasteiger partial charge in [0.25, 0.3) is 10.0 Å². The quantitative estimate of drug-likeness (QED) is 0.832. The van der Waals surface area contributed by atoms with Crippen molar-refractivity contribution < 1.29 is 17.9 Å². The van der Waals surface area contributed by atoms with Crippen molar-refractivity contribution in [2.45, 2.75) is 18.7 Å². The first-order chi connectivity index (χ1) is 10.7. The number of hydrogen-bond donors (Lipinski definition) is 1. The Balaban J connectivity index is 2.38. The van der Waals surface area contributed by atoms with Gasteiger partial charge in [-0.15, -0.1) is 0 Å². The van der Waals surface area contributed by atoms with Crippen LogP contribution in [0, 0.1) is 6.92 Å². The maximum atomic E-state index is 12.5. The zero-order valence-electron chi connectivity index (χ0n) is 12.9. The minimum absolute atomic E-state index is 0.0529. The Morgan fingerprint density at radius 2 is 1.78 bits per heavy atom. The lowest BCUT2D eigenvalue weighted by Crippen LogP contribution is -2.14. The molecule has 0 unspecified atom stereocenters. The normalized spacial score (nSPS) is 11.1. The number of ether oxygens (including phenoxy) is 1. The number of nitrogens with one attached hydrogen (secondary N) is 1. The highest BCUT2D eigenvalue weighted by Crippen LogP contribution is 2.32. The molecule has 122 valence electrons. The minimum atomic E-state index is -3.80. The fraction of sp³-hybridized carbons (Fsp3) is 0.188. The van der Waals surface area contributed by atoms with Gasteiger partial charge in [0.05, 0.1) is 17.7 Å². The molecule has 2 rings (SSSR count). The van der Waals surface area contributed by atoms with Crippen molar-refractivity contribution in [1.29, 1.82) is 0 Å². The lowest BCUT2D eigenvalue weighted by atomic mass is 10.2. The van der Waals surface area contributed by atoms with Gasteiger partial charge in [-0.3, -0.25) is 9.52 Å². The van der Waals surface area contributed by atoms with E-state index in [2.05, 4.69) is 4.72 Å². The molecule has 0 saturated carbocycles. The van der Waals surface area contributed by atoms with Crippen molar-refractivity contribution in [3.63, 3.8) is 0 Å². The number of anilines is 1. The van der Waals surface area contributed by atoms with Crippen LogP contribution in [0.2, 0.25) is 5.02 Å². The molecule has 0 aliphatic heterocycles. The molecule has 0 spiro atoms. The van der Waals surface area contributed by atoms with Gasteiger partial charge in [-0.2, -0.15) is 0 Å². The van der Waals surface area contributed by atoms with Crippen molar-refractivity contribution in [3.8, 4) is 5.75 Å². The Morgan fingerprint density at radius 1 is 1.17 bits per heavy atom. The third-order valence-corrected chi connectivity index (χ3v) is 5.08. The Kier molecular flexibility index (Phi) is 4.97. The zero-order valence-corrected chi connectivity index (χ0v) is 14.5. The van der Waals surface area contributed by atoms with Gasteiger partial charge in [0.15, 0.2) is 5.78 Å². The molecule has 0 aliphatic rings. The van der Waals surface area contributed by atoms with E-state index in [1.165, 1.54) is 38.3 Å². The van der Waals surface area contributed by atoms with Crippen molar-refractivity contribution >= 4 is 33.1 Å². The number of carbonyl (C=O) groups excluding carboxylic acids is 1. The highest BCUT2D eigenvalue weighted by Gasteiger charge is 2.18. The summed E-state index contributed by atoms with van der Waals surface area (Å²) in [5.74, 6) is 0.196. The zero-order chi connectivity index (χ0) is 17.2. The number of sulfonamides is 1. The van der Waals surface area contributed by atoms with Gasteiger partial charge in [0.1, 0.15) is 5.75 Å². The largest absolute Gasteiger partial charge is 0.495 e. The number of Topliss-reactive ketones (excluding diaryl/α,β-unsaturated/α-hetero) is 1. The number of benzene rings is 2. The van der Waals surface area contributed by atoms with Crippen molar-refractivity contribution in [2.75, 3.05) is 11.8 Å². The molecule has 0 fully saturated rings. The molecule has 0 aliphatic carbocycles. The van der Waals surface area contributed by atoms with Gasteiger partial charge in [-0.05, 0) is 37.6 Å². The molecule has 0 radical (unpaired) electrons. The number of hydrogen-bond acceptors (Lipinski definition) is 4. The smallest absolute Gasteiger partial charge is 0.262 e. The lowest BCUT2D eigenvalue weighted by Gasteiger charge is -2.13. The van der Waals surface area contributed by atoms with Crippen LogP contribution in [-0.2, 0) is 10.0 Å². The number of methoxy groups -OCH3 is 1. The van der Waals surface area contributed by atoms with E-state index >= 15 is 0 Å². The first-order valence-corrected chi connectivity index (χ1v) is 8.58. The van der Waals surface area contributed by atoms with Gasteiger partial charge in [-0.1, -0.05) is 23.7 Å². The molecule has 2 aromatic carbocycles. The van der Waals surface area contributed by atoms with Crippen LogP contribution in [0.25, 0.3) is 0 Å². The summed E-state index contributed by atoms with van der Waals surface area (Å²) in [6.45, 7) is 3.18. The van der Waals surface area contributed by atoms with Crippen LogP contribution in [0.15, 0.2) is 41.3 Å². The van der Waals surface area contributed by atoms with E-state index in [0.717, 1.165) is 5.56 Å². The minimum Gasteiger partial charge on any atom is -0.495 e. The molecule has 0 atom stereocenters. The molecule has 5 nitrogen and oxygen atoms in total. The standard InChI is InChI=1S/C16H16ClNO4S/c1-10-8-15(16(22-3)9-14(10)17)18-23(20,21)13-6-4-12(5-7-13)11(2)19/h4-9,18H,1-3H3. The molecule has 2 aromatic rings. The van der Waals surface area contributed by atoms with Crippen LogP contribution in [0.4, 0.5) is 5.69 Å². The number of carbonyl (C=O) groups is 1. The van der Waals surface area contributed by atoms with Crippen molar-refractivity contribution in [1.82, 2.24) is 0 Å². The predicted molar refractivity (Wildman–Crippen MR) is 90.0 cm³/mol. The molecular weight excluding hydrogens is 338 g/mol. The Bertz CT molecular complexity index is 845. The van der Waals surface area contributed by atoms with Gasteiger partial charge in [0.2, 0.25) is 0 Å². The summed E-state index contributed by atoms with van der Waals surface area (Å²) < 4.78 is 32.6. The first kappa shape index (κ1) is 17.3. The number of halogens is 1. The van der Waals surface area contributed by atoms with E-state index in [0.29, 0.717) is 22.0 Å². The summed E-state index contributed by atoms with van der Waals surface area (Å²) >= 11 is 6.01. The van der Waals surface area contributed by atoms with Crippen molar-refractivity contribution in [2.24, 2.45) is 0 Å². The highest BCUT2D eigenvalue weighted by molar-refractivity contribution is 7.92. The summed E-state index contributed by atoms with van der Waals surface area (Å²) in [7, 11) is -2.37. The number of ketones is 1. The highest BCUT2D eigenvalue weighted by atomic mass is 35.5. The molecule has 0 amide bonds. The van der Waals surface area contributed by atoms with E-state index < -0.39 is 10.0 Å². The van der Waals surface area contributed by atoms with Gasteiger partial charge >= 0.3 is 0 Å². The summed E-state index contributed by atoms with van der Waals surface area (Å²) in [6, 6.07) is 8.86. The topological polar surface area (TPSA) is 72.5 Å². The van der Waals surface area contributed by atoms with E-state index in [1.807, 2.05) is 0 Å². The molecule has 23 heavy (non-hydrogen) atoms. The molecular formula is C16H16ClNO4S. The SMILES string of the molecule is COc1cc(Cl)c(C)cc1NS(=O)(=O)c1ccc(C(C)=O)cc1. The van der Waals surface area contributed by atoms with E-state index in [9.17, 15) is 13.2 Å². The average molecular weight is 354 g/mol.